The summed E-state index contributed by atoms with van der Waals surface area (Å²) >= 11 is 0. The van der Waals surface area contributed by atoms with E-state index < -0.39 is 0 Å². The Morgan fingerprint density at radius 3 is 2.75 bits per heavy atom. The molecule has 1 heterocycles. The van der Waals surface area contributed by atoms with Gasteiger partial charge in [-0.05, 0) is 24.6 Å². The third-order valence-electron chi connectivity index (χ3n) is 3.81. The summed E-state index contributed by atoms with van der Waals surface area (Å²) in [6, 6.07) is 15.6. The maximum Gasteiger partial charge on any atom is 0.255 e. The van der Waals surface area contributed by atoms with Gasteiger partial charge in [-0.3, -0.25) is 9.89 Å². The molecule has 0 aliphatic carbocycles. The molecule has 2 aromatic carbocycles. The number of ether oxygens (including phenoxy) is 1. The van der Waals surface area contributed by atoms with Gasteiger partial charge in [0.25, 0.3) is 5.91 Å². The molecule has 2 N–H and O–H groups in total. The highest BCUT2D eigenvalue weighted by atomic mass is 16.5. The van der Waals surface area contributed by atoms with Crippen LogP contribution in [0.1, 0.15) is 21.5 Å². The van der Waals surface area contributed by atoms with Crippen LogP contribution in [0.15, 0.2) is 54.7 Å². The molecule has 0 aliphatic rings. The monoisotopic (exact) mass is 321 g/mol. The van der Waals surface area contributed by atoms with Gasteiger partial charge in [0.05, 0.1) is 24.6 Å². The van der Waals surface area contributed by atoms with Gasteiger partial charge in [-0.15, -0.1) is 0 Å². The highest BCUT2D eigenvalue weighted by molar-refractivity contribution is 5.99. The summed E-state index contributed by atoms with van der Waals surface area (Å²) in [5.41, 5.74) is 4.33. The van der Waals surface area contributed by atoms with E-state index in [2.05, 4.69) is 15.5 Å². The highest BCUT2D eigenvalue weighted by Gasteiger charge is 2.15. The van der Waals surface area contributed by atoms with Crippen molar-refractivity contribution in [3.8, 4) is 17.0 Å². The zero-order valence-corrected chi connectivity index (χ0v) is 13.7. The van der Waals surface area contributed by atoms with Crippen LogP contribution in [0, 0.1) is 6.92 Å². The van der Waals surface area contributed by atoms with Crippen LogP contribution in [0.3, 0.4) is 0 Å². The Hall–Kier alpha value is -3.08. The van der Waals surface area contributed by atoms with E-state index in [9.17, 15) is 4.79 Å². The van der Waals surface area contributed by atoms with Crippen LogP contribution in [0.5, 0.6) is 5.75 Å². The number of hydrogen-bond acceptors (Lipinski definition) is 3. The summed E-state index contributed by atoms with van der Waals surface area (Å²) in [6.07, 6.45) is 1.55. The lowest BCUT2D eigenvalue weighted by molar-refractivity contribution is 0.0951. The van der Waals surface area contributed by atoms with Gasteiger partial charge in [-0.1, -0.05) is 42.0 Å². The molecule has 0 radical (unpaired) electrons. The number of hydrogen-bond donors (Lipinski definition) is 2. The van der Waals surface area contributed by atoms with Crippen LogP contribution in [0.2, 0.25) is 0 Å². The number of methoxy groups -OCH3 is 1. The third kappa shape index (κ3) is 3.46. The van der Waals surface area contributed by atoms with Crippen molar-refractivity contribution in [3.05, 3.63) is 71.4 Å². The molecule has 5 heteroatoms. The molecule has 1 amide bonds. The zero-order chi connectivity index (χ0) is 16.9. The molecule has 0 bridgehead atoms. The number of nitrogens with zero attached hydrogens (tertiary/aromatic N) is 1. The Kier molecular flexibility index (Phi) is 4.61. The highest BCUT2D eigenvalue weighted by Crippen LogP contribution is 2.21. The summed E-state index contributed by atoms with van der Waals surface area (Å²) in [4.78, 5) is 12.5. The molecule has 0 aliphatic heterocycles. The van der Waals surface area contributed by atoms with Crippen molar-refractivity contribution in [3.63, 3.8) is 0 Å². The molecule has 0 saturated heterocycles. The second-order valence-corrected chi connectivity index (χ2v) is 5.56. The summed E-state index contributed by atoms with van der Waals surface area (Å²) in [7, 11) is 1.62. The molecule has 24 heavy (non-hydrogen) atoms. The van der Waals surface area contributed by atoms with E-state index in [-0.39, 0.29) is 5.91 Å². The number of amides is 1. The molecule has 0 fully saturated rings. The van der Waals surface area contributed by atoms with Crippen LogP contribution in [0.4, 0.5) is 0 Å². The molecule has 1 aromatic heterocycles. The van der Waals surface area contributed by atoms with Crippen molar-refractivity contribution in [1.29, 1.82) is 0 Å². The summed E-state index contributed by atoms with van der Waals surface area (Å²) in [5.74, 6) is 0.604. The van der Waals surface area contributed by atoms with E-state index in [1.807, 2.05) is 55.5 Å². The minimum Gasteiger partial charge on any atom is -0.497 e. The third-order valence-corrected chi connectivity index (χ3v) is 3.81. The maximum atomic E-state index is 12.5. The van der Waals surface area contributed by atoms with Gasteiger partial charge in [0, 0.05) is 12.1 Å². The number of H-pyrrole nitrogens is 1. The SMILES string of the molecule is COc1cccc(CNC(=O)c2cn[nH]c2-c2ccc(C)cc2)c1. The van der Waals surface area contributed by atoms with Crippen molar-refractivity contribution in [2.24, 2.45) is 0 Å². The molecule has 5 nitrogen and oxygen atoms in total. The average Bonchev–Trinajstić information content (AvgIpc) is 3.10. The van der Waals surface area contributed by atoms with Crippen molar-refractivity contribution in [2.75, 3.05) is 7.11 Å². The van der Waals surface area contributed by atoms with Crippen molar-refractivity contribution in [1.82, 2.24) is 15.5 Å². The number of rotatable bonds is 5. The minimum absolute atomic E-state index is 0.165. The fourth-order valence-electron chi connectivity index (χ4n) is 2.46. The predicted octanol–water partition coefficient (Wildman–Crippen LogP) is 3.32. The summed E-state index contributed by atoms with van der Waals surface area (Å²) in [6.45, 7) is 2.45. The van der Waals surface area contributed by atoms with E-state index in [1.165, 1.54) is 5.56 Å². The van der Waals surface area contributed by atoms with Gasteiger partial charge in [0.1, 0.15) is 5.75 Å². The first kappa shape index (κ1) is 15.8. The molecule has 3 aromatic rings. The molecular weight excluding hydrogens is 302 g/mol. The first-order valence-electron chi connectivity index (χ1n) is 7.69. The fourth-order valence-corrected chi connectivity index (χ4v) is 2.46. The van der Waals surface area contributed by atoms with Crippen molar-refractivity contribution < 1.29 is 9.53 Å². The predicted molar refractivity (Wildman–Crippen MR) is 92.9 cm³/mol. The van der Waals surface area contributed by atoms with Gasteiger partial charge < -0.3 is 10.1 Å². The Morgan fingerprint density at radius 2 is 2.00 bits per heavy atom. The topological polar surface area (TPSA) is 67.0 Å². The van der Waals surface area contributed by atoms with E-state index in [0.717, 1.165) is 22.6 Å². The Balaban J connectivity index is 1.74. The Labute approximate surface area is 140 Å². The molecule has 0 unspecified atom stereocenters. The standard InChI is InChI=1S/C19H19N3O2/c1-13-6-8-15(9-7-13)18-17(12-21-22-18)19(23)20-11-14-4-3-5-16(10-14)24-2/h3-10,12H,11H2,1-2H3,(H,20,23)(H,21,22). The lowest BCUT2D eigenvalue weighted by atomic mass is 10.1. The van der Waals surface area contributed by atoms with Crippen molar-refractivity contribution in [2.45, 2.75) is 13.5 Å². The normalized spacial score (nSPS) is 10.4. The molecule has 3 rings (SSSR count). The van der Waals surface area contributed by atoms with Crippen LogP contribution >= 0.6 is 0 Å². The minimum atomic E-state index is -0.165. The number of aromatic nitrogens is 2. The van der Waals surface area contributed by atoms with Gasteiger partial charge >= 0.3 is 0 Å². The molecule has 122 valence electrons. The van der Waals surface area contributed by atoms with Crippen LogP contribution in [-0.4, -0.2) is 23.2 Å². The number of aromatic amines is 1. The van der Waals surface area contributed by atoms with Crippen LogP contribution in [-0.2, 0) is 6.54 Å². The van der Waals surface area contributed by atoms with E-state index in [4.69, 9.17) is 4.74 Å². The lowest BCUT2D eigenvalue weighted by Gasteiger charge is -2.07. The summed E-state index contributed by atoms with van der Waals surface area (Å²) in [5, 5.41) is 9.85. The Morgan fingerprint density at radius 1 is 1.21 bits per heavy atom. The van der Waals surface area contributed by atoms with E-state index in [1.54, 1.807) is 13.3 Å². The number of aryl methyl sites for hydroxylation is 1. The van der Waals surface area contributed by atoms with Crippen LogP contribution < -0.4 is 10.1 Å². The second kappa shape index (κ2) is 7.00. The molecular formula is C19H19N3O2. The van der Waals surface area contributed by atoms with Crippen LogP contribution in [0.25, 0.3) is 11.3 Å². The average molecular weight is 321 g/mol. The summed E-state index contributed by atoms with van der Waals surface area (Å²) < 4.78 is 5.19. The molecule has 0 saturated carbocycles. The van der Waals surface area contributed by atoms with Gasteiger partial charge in [0.15, 0.2) is 0 Å². The first-order valence-corrected chi connectivity index (χ1v) is 7.69. The largest absolute Gasteiger partial charge is 0.497 e. The maximum absolute atomic E-state index is 12.5. The van der Waals surface area contributed by atoms with E-state index in [0.29, 0.717) is 12.1 Å². The Bertz CT molecular complexity index is 838. The number of carbonyl (C=O) groups excluding carboxylic acids is 1. The lowest BCUT2D eigenvalue weighted by Crippen LogP contribution is -2.23. The number of carbonyl (C=O) groups is 1. The van der Waals surface area contributed by atoms with Gasteiger partial charge in [-0.2, -0.15) is 5.10 Å². The van der Waals surface area contributed by atoms with Gasteiger partial charge in [0.2, 0.25) is 0 Å². The van der Waals surface area contributed by atoms with Crippen molar-refractivity contribution >= 4 is 5.91 Å². The molecule has 0 spiro atoms. The quantitative estimate of drug-likeness (QED) is 0.757. The van der Waals surface area contributed by atoms with E-state index >= 15 is 0 Å². The first-order chi connectivity index (χ1) is 11.7. The zero-order valence-electron chi connectivity index (χ0n) is 13.7. The molecule has 0 atom stereocenters. The second-order valence-electron chi connectivity index (χ2n) is 5.56. The number of benzene rings is 2. The number of nitrogens with one attached hydrogen (secondary N) is 2. The van der Waals surface area contributed by atoms with Gasteiger partial charge in [-0.25, -0.2) is 0 Å². The smallest absolute Gasteiger partial charge is 0.255 e. The fraction of sp³-hybridized carbons (Fsp3) is 0.158.